The summed E-state index contributed by atoms with van der Waals surface area (Å²) in [7, 11) is 0. The van der Waals surface area contributed by atoms with Crippen molar-refractivity contribution in [1.82, 2.24) is 24.5 Å². The molecule has 2 rings (SSSR count). The number of rotatable bonds is 6. The smallest absolute Gasteiger partial charge is 0.360 e. The Kier molecular flexibility index (Phi) is 4.73. The van der Waals surface area contributed by atoms with Gasteiger partial charge in [-0.3, -0.25) is 0 Å². The zero-order valence-corrected chi connectivity index (χ0v) is 12.2. The first-order valence-electron chi connectivity index (χ1n) is 6.35. The fraction of sp³-hybridized carbons (Fsp3) is 0.500. The standard InChI is InChI=1S/C12H16ClN5O2/c1-3-17-8-14-6-9(17)7-18-10(5-13)11(15-16-18)12(19)20-4-2/h6,8H,3-5,7H2,1-2H3. The topological polar surface area (TPSA) is 74.8 Å². The first kappa shape index (κ1) is 14.5. The van der Waals surface area contributed by atoms with Gasteiger partial charge in [0.1, 0.15) is 0 Å². The number of carbonyl (C=O) groups is 1. The predicted octanol–water partition coefficient (Wildman–Crippen LogP) is 1.46. The van der Waals surface area contributed by atoms with Gasteiger partial charge in [0.05, 0.1) is 42.9 Å². The molecule has 0 amide bonds. The molecule has 0 aliphatic rings. The van der Waals surface area contributed by atoms with Gasteiger partial charge in [-0.1, -0.05) is 5.21 Å². The van der Waals surface area contributed by atoms with Gasteiger partial charge in [-0.25, -0.2) is 14.5 Å². The second kappa shape index (κ2) is 6.51. The van der Waals surface area contributed by atoms with Gasteiger partial charge in [-0.15, -0.1) is 16.7 Å². The molecule has 8 heteroatoms. The molecule has 0 fully saturated rings. The van der Waals surface area contributed by atoms with Gasteiger partial charge in [-0.2, -0.15) is 0 Å². The normalized spacial score (nSPS) is 10.8. The quantitative estimate of drug-likeness (QED) is 0.596. The van der Waals surface area contributed by atoms with Gasteiger partial charge in [-0.05, 0) is 13.8 Å². The highest BCUT2D eigenvalue weighted by Gasteiger charge is 2.20. The van der Waals surface area contributed by atoms with Crippen molar-refractivity contribution in [3.8, 4) is 0 Å². The number of aryl methyl sites for hydroxylation is 1. The van der Waals surface area contributed by atoms with E-state index >= 15 is 0 Å². The average Bonchev–Trinajstić information content (AvgIpc) is 3.05. The van der Waals surface area contributed by atoms with E-state index in [9.17, 15) is 4.79 Å². The lowest BCUT2D eigenvalue weighted by molar-refractivity contribution is 0.0518. The van der Waals surface area contributed by atoms with Gasteiger partial charge < -0.3 is 9.30 Å². The Labute approximate surface area is 121 Å². The third-order valence-corrected chi connectivity index (χ3v) is 3.14. The molecule has 20 heavy (non-hydrogen) atoms. The lowest BCUT2D eigenvalue weighted by Crippen LogP contribution is -2.12. The Balaban J connectivity index is 2.27. The fourth-order valence-electron chi connectivity index (χ4n) is 1.87. The zero-order chi connectivity index (χ0) is 14.5. The van der Waals surface area contributed by atoms with Gasteiger partial charge in [0.2, 0.25) is 0 Å². The summed E-state index contributed by atoms with van der Waals surface area (Å²) in [5.41, 5.74) is 1.69. The maximum atomic E-state index is 11.7. The highest BCUT2D eigenvalue weighted by Crippen LogP contribution is 2.12. The number of hydrogen-bond acceptors (Lipinski definition) is 5. The largest absolute Gasteiger partial charge is 0.461 e. The van der Waals surface area contributed by atoms with Crippen LogP contribution in [0.2, 0.25) is 0 Å². The van der Waals surface area contributed by atoms with Crippen LogP contribution in [0.3, 0.4) is 0 Å². The Hall–Kier alpha value is -1.89. The van der Waals surface area contributed by atoms with E-state index in [2.05, 4.69) is 15.3 Å². The highest BCUT2D eigenvalue weighted by atomic mass is 35.5. The lowest BCUT2D eigenvalue weighted by Gasteiger charge is -2.07. The fourth-order valence-corrected chi connectivity index (χ4v) is 2.13. The number of esters is 1. The van der Waals surface area contributed by atoms with Crippen molar-refractivity contribution < 1.29 is 9.53 Å². The van der Waals surface area contributed by atoms with Crippen molar-refractivity contribution in [2.45, 2.75) is 32.8 Å². The van der Waals surface area contributed by atoms with Crippen LogP contribution in [0.1, 0.15) is 35.7 Å². The molecule has 0 N–H and O–H groups in total. The second-order valence-electron chi connectivity index (χ2n) is 4.07. The number of carbonyl (C=O) groups excluding carboxylic acids is 1. The molecule has 0 atom stereocenters. The van der Waals surface area contributed by atoms with E-state index in [1.807, 2.05) is 11.5 Å². The summed E-state index contributed by atoms with van der Waals surface area (Å²) in [6.45, 7) is 5.32. The van der Waals surface area contributed by atoms with Crippen LogP contribution in [0, 0.1) is 0 Å². The van der Waals surface area contributed by atoms with Crippen LogP contribution >= 0.6 is 11.6 Å². The molecule has 108 valence electrons. The minimum Gasteiger partial charge on any atom is -0.461 e. The van der Waals surface area contributed by atoms with E-state index in [4.69, 9.17) is 16.3 Å². The van der Waals surface area contributed by atoms with Crippen LogP contribution in [0.4, 0.5) is 0 Å². The van der Waals surface area contributed by atoms with Crippen molar-refractivity contribution in [2.24, 2.45) is 0 Å². The summed E-state index contributed by atoms with van der Waals surface area (Å²) in [5, 5.41) is 7.85. The highest BCUT2D eigenvalue weighted by molar-refractivity contribution is 6.17. The van der Waals surface area contributed by atoms with Crippen molar-refractivity contribution >= 4 is 17.6 Å². The lowest BCUT2D eigenvalue weighted by atomic mass is 10.3. The Morgan fingerprint density at radius 1 is 1.45 bits per heavy atom. The van der Waals surface area contributed by atoms with Crippen LogP contribution in [0.25, 0.3) is 0 Å². The summed E-state index contributed by atoms with van der Waals surface area (Å²) < 4.78 is 8.52. The first-order valence-corrected chi connectivity index (χ1v) is 6.89. The summed E-state index contributed by atoms with van der Waals surface area (Å²) in [6, 6.07) is 0. The Morgan fingerprint density at radius 2 is 2.25 bits per heavy atom. The molecule has 0 saturated heterocycles. The van der Waals surface area contributed by atoms with Gasteiger partial charge >= 0.3 is 5.97 Å². The van der Waals surface area contributed by atoms with Crippen LogP contribution < -0.4 is 0 Å². The molecule has 0 aromatic carbocycles. The molecule has 2 aromatic heterocycles. The molecule has 0 aliphatic carbocycles. The van der Waals surface area contributed by atoms with Gasteiger partial charge in [0, 0.05) is 6.54 Å². The molecule has 2 aromatic rings. The van der Waals surface area contributed by atoms with E-state index < -0.39 is 5.97 Å². The molecule has 2 heterocycles. The molecule has 0 spiro atoms. The number of imidazole rings is 1. The van der Waals surface area contributed by atoms with Crippen molar-refractivity contribution in [2.75, 3.05) is 6.61 Å². The molecule has 0 radical (unpaired) electrons. The molecular formula is C12H16ClN5O2. The van der Waals surface area contributed by atoms with E-state index in [1.54, 1.807) is 24.1 Å². The minimum absolute atomic E-state index is 0.140. The average molecular weight is 298 g/mol. The minimum atomic E-state index is -0.501. The molecule has 7 nitrogen and oxygen atoms in total. The van der Waals surface area contributed by atoms with Crippen molar-refractivity contribution in [3.05, 3.63) is 29.6 Å². The Bertz CT molecular complexity index is 592. The van der Waals surface area contributed by atoms with E-state index in [1.165, 1.54) is 0 Å². The summed E-state index contributed by atoms with van der Waals surface area (Å²) in [6.07, 6.45) is 3.51. The van der Waals surface area contributed by atoms with Crippen molar-refractivity contribution in [1.29, 1.82) is 0 Å². The SMILES string of the molecule is CCOC(=O)c1nnn(Cc2cncn2CC)c1CCl. The Morgan fingerprint density at radius 3 is 2.90 bits per heavy atom. The maximum Gasteiger partial charge on any atom is 0.360 e. The number of hydrogen-bond donors (Lipinski definition) is 0. The number of ether oxygens (including phenoxy) is 1. The molecule has 0 unspecified atom stereocenters. The summed E-state index contributed by atoms with van der Waals surface area (Å²) in [4.78, 5) is 15.8. The van der Waals surface area contributed by atoms with Gasteiger partial charge in [0.15, 0.2) is 5.69 Å². The van der Waals surface area contributed by atoms with Crippen LogP contribution in [-0.4, -0.2) is 37.1 Å². The van der Waals surface area contributed by atoms with Crippen LogP contribution in [0.5, 0.6) is 0 Å². The molecule has 0 bridgehead atoms. The van der Waals surface area contributed by atoms with E-state index in [-0.39, 0.29) is 18.2 Å². The maximum absolute atomic E-state index is 11.7. The number of aromatic nitrogens is 5. The number of nitrogens with zero attached hydrogens (tertiary/aromatic N) is 5. The van der Waals surface area contributed by atoms with E-state index in [0.717, 1.165) is 12.2 Å². The third kappa shape index (κ3) is 2.82. The molecular weight excluding hydrogens is 282 g/mol. The van der Waals surface area contributed by atoms with Crippen molar-refractivity contribution in [3.63, 3.8) is 0 Å². The van der Waals surface area contributed by atoms with Crippen LogP contribution in [0.15, 0.2) is 12.5 Å². The van der Waals surface area contributed by atoms with Gasteiger partial charge in [0.25, 0.3) is 0 Å². The molecule has 0 aliphatic heterocycles. The first-order chi connectivity index (χ1) is 9.71. The second-order valence-corrected chi connectivity index (χ2v) is 4.33. The predicted molar refractivity (Wildman–Crippen MR) is 72.5 cm³/mol. The monoisotopic (exact) mass is 297 g/mol. The number of alkyl halides is 1. The number of halogens is 1. The van der Waals surface area contributed by atoms with Crippen LogP contribution in [-0.2, 0) is 23.7 Å². The molecule has 0 saturated carbocycles. The zero-order valence-electron chi connectivity index (χ0n) is 11.4. The summed E-state index contributed by atoms with van der Waals surface area (Å²) in [5.74, 6) is -0.361. The summed E-state index contributed by atoms with van der Waals surface area (Å²) >= 11 is 5.91. The third-order valence-electron chi connectivity index (χ3n) is 2.88. The van der Waals surface area contributed by atoms with E-state index in [0.29, 0.717) is 12.2 Å².